The molecule has 23 heavy (non-hydrogen) atoms. The summed E-state index contributed by atoms with van der Waals surface area (Å²) in [4.78, 5) is 4.74. The van der Waals surface area contributed by atoms with Gasteiger partial charge in [-0.2, -0.15) is 0 Å². The van der Waals surface area contributed by atoms with Crippen LogP contribution in [0.1, 0.15) is 11.1 Å². The maximum absolute atomic E-state index is 9.36. The summed E-state index contributed by atoms with van der Waals surface area (Å²) in [6.45, 7) is 6.68. The molecule has 4 nitrogen and oxygen atoms in total. The molecule has 1 fully saturated rings. The molecule has 0 aliphatic carbocycles. The van der Waals surface area contributed by atoms with Crippen LogP contribution in [0.15, 0.2) is 59.8 Å². The highest BCUT2D eigenvalue weighted by atomic mass is 16.4. The second kappa shape index (κ2) is 7.29. The van der Waals surface area contributed by atoms with Crippen molar-refractivity contribution >= 4 is 11.4 Å². The molecule has 1 saturated heterocycles. The monoisotopic (exact) mass is 309 g/mol. The van der Waals surface area contributed by atoms with Gasteiger partial charge in [0.2, 0.25) is 0 Å². The number of benzene rings is 2. The third kappa shape index (κ3) is 3.90. The van der Waals surface area contributed by atoms with E-state index in [9.17, 15) is 5.21 Å². The van der Waals surface area contributed by atoms with Crippen LogP contribution in [0.2, 0.25) is 0 Å². The predicted molar refractivity (Wildman–Crippen MR) is 94.6 cm³/mol. The van der Waals surface area contributed by atoms with E-state index >= 15 is 0 Å². The summed E-state index contributed by atoms with van der Waals surface area (Å²) in [5.74, 6) is 0. The Morgan fingerprint density at radius 2 is 1.61 bits per heavy atom. The van der Waals surface area contributed by atoms with Gasteiger partial charge in [0.05, 0.1) is 0 Å². The van der Waals surface area contributed by atoms with Crippen LogP contribution in [0.3, 0.4) is 0 Å². The van der Waals surface area contributed by atoms with Crippen molar-refractivity contribution in [2.45, 2.75) is 6.92 Å². The van der Waals surface area contributed by atoms with E-state index in [-0.39, 0.29) is 0 Å². The molecule has 0 radical (unpaired) electrons. The van der Waals surface area contributed by atoms with Crippen molar-refractivity contribution in [3.8, 4) is 0 Å². The highest BCUT2D eigenvalue weighted by Gasteiger charge is 2.19. The Balaban J connectivity index is 1.58. The van der Waals surface area contributed by atoms with E-state index < -0.39 is 0 Å². The minimum absolute atomic E-state index is 0.683. The number of hydrogen-bond donors (Lipinski definition) is 1. The Bertz CT molecular complexity index is 644. The van der Waals surface area contributed by atoms with Crippen molar-refractivity contribution in [1.82, 2.24) is 4.90 Å². The first-order valence-corrected chi connectivity index (χ1v) is 8.06. The molecule has 3 rings (SSSR count). The number of anilines is 1. The van der Waals surface area contributed by atoms with Crippen molar-refractivity contribution in [3.63, 3.8) is 0 Å². The van der Waals surface area contributed by atoms with E-state index in [2.05, 4.69) is 46.1 Å². The number of aryl methyl sites for hydroxylation is 1. The molecule has 2 aromatic rings. The fourth-order valence-corrected chi connectivity index (χ4v) is 2.94. The topological polar surface area (TPSA) is 39.1 Å². The molecule has 4 heteroatoms. The summed E-state index contributed by atoms with van der Waals surface area (Å²) in [6, 6.07) is 18.7. The number of hydrogen-bond acceptors (Lipinski definition) is 4. The van der Waals surface area contributed by atoms with Gasteiger partial charge in [0.25, 0.3) is 0 Å². The highest BCUT2D eigenvalue weighted by Crippen LogP contribution is 2.16. The zero-order valence-corrected chi connectivity index (χ0v) is 13.5. The third-order valence-corrected chi connectivity index (χ3v) is 4.37. The number of para-hydroxylation sites is 1. The standard InChI is InChI=1S/C19H23N3O/c1-16-7-9-17(10-8-16)19(20-23)15-21-11-13-22(14-12-21)18-5-3-2-4-6-18/h2-10,23H,11-15H2,1H3/b20-19+. The lowest BCUT2D eigenvalue weighted by atomic mass is 10.1. The summed E-state index contributed by atoms with van der Waals surface area (Å²) in [5.41, 5.74) is 4.21. The molecule has 1 aliphatic heterocycles. The fraction of sp³-hybridized carbons (Fsp3) is 0.316. The Morgan fingerprint density at radius 3 is 2.22 bits per heavy atom. The van der Waals surface area contributed by atoms with E-state index in [1.54, 1.807) is 0 Å². The number of nitrogens with zero attached hydrogens (tertiary/aromatic N) is 3. The molecule has 0 unspecified atom stereocenters. The summed E-state index contributed by atoms with van der Waals surface area (Å²) < 4.78 is 0. The Kier molecular flexibility index (Phi) is 4.93. The lowest BCUT2D eigenvalue weighted by Gasteiger charge is -2.36. The van der Waals surface area contributed by atoms with Crippen LogP contribution < -0.4 is 4.90 Å². The van der Waals surface area contributed by atoms with E-state index in [0.717, 1.165) is 37.5 Å². The molecule has 120 valence electrons. The summed E-state index contributed by atoms with van der Waals surface area (Å²) in [6.07, 6.45) is 0. The van der Waals surface area contributed by atoms with Gasteiger partial charge < -0.3 is 10.1 Å². The third-order valence-electron chi connectivity index (χ3n) is 4.37. The molecule has 1 N–H and O–H groups in total. The Hall–Kier alpha value is -2.33. The zero-order chi connectivity index (χ0) is 16.1. The smallest absolute Gasteiger partial charge is 0.101 e. The second-order valence-electron chi connectivity index (χ2n) is 6.01. The summed E-state index contributed by atoms with van der Waals surface area (Å²) in [5, 5.41) is 12.9. The van der Waals surface area contributed by atoms with Gasteiger partial charge in [-0.1, -0.05) is 53.2 Å². The molecule has 0 saturated carbocycles. The second-order valence-corrected chi connectivity index (χ2v) is 6.01. The van der Waals surface area contributed by atoms with Gasteiger partial charge in [-0.15, -0.1) is 0 Å². The number of piperazine rings is 1. The average molecular weight is 309 g/mol. The van der Waals surface area contributed by atoms with Crippen LogP contribution >= 0.6 is 0 Å². The first-order chi connectivity index (χ1) is 11.3. The Labute approximate surface area is 137 Å². The van der Waals surface area contributed by atoms with Crippen molar-refractivity contribution in [2.24, 2.45) is 5.16 Å². The highest BCUT2D eigenvalue weighted by molar-refractivity contribution is 6.01. The van der Waals surface area contributed by atoms with Crippen LogP contribution in [-0.4, -0.2) is 48.5 Å². The lowest BCUT2D eigenvalue weighted by Crippen LogP contribution is -2.48. The zero-order valence-electron chi connectivity index (χ0n) is 13.5. The van der Waals surface area contributed by atoms with Crippen LogP contribution in [0.25, 0.3) is 0 Å². The molecular weight excluding hydrogens is 286 g/mol. The molecule has 0 aromatic heterocycles. The van der Waals surface area contributed by atoms with Crippen molar-refractivity contribution in [1.29, 1.82) is 0 Å². The van der Waals surface area contributed by atoms with E-state index in [0.29, 0.717) is 6.54 Å². The van der Waals surface area contributed by atoms with Crippen molar-refractivity contribution < 1.29 is 5.21 Å². The van der Waals surface area contributed by atoms with Gasteiger partial charge in [-0.25, -0.2) is 0 Å². The molecule has 0 amide bonds. The summed E-state index contributed by atoms with van der Waals surface area (Å²) in [7, 11) is 0. The fourth-order valence-electron chi connectivity index (χ4n) is 2.94. The summed E-state index contributed by atoms with van der Waals surface area (Å²) >= 11 is 0. The van der Waals surface area contributed by atoms with E-state index in [1.807, 2.05) is 30.3 Å². The van der Waals surface area contributed by atoms with Gasteiger partial charge in [-0.05, 0) is 19.1 Å². The molecular formula is C19H23N3O. The van der Waals surface area contributed by atoms with Gasteiger partial charge in [0.1, 0.15) is 5.71 Å². The lowest BCUT2D eigenvalue weighted by molar-refractivity contribution is 0.280. The number of oxime groups is 1. The molecule has 0 spiro atoms. The van der Waals surface area contributed by atoms with Crippen LogP contribution in [-0.2, 0) is 0 Å². The van der Waals surface area contributed by atoms with Gasteiger partial charge >= 0.3 is 0 Å². The molecule has 0 bridgehead atoms. The maximum atomic E-state index is 9.36. The van der Waals surface area contributed by atoms with E-state index in [1.165, 1.54) is 11.3 Å². The van der Waals surface area contributed by atoms with Crippen molar-refractivity contribution in [3.05, 3.63) is 65.7 Å². The number of rotatable bonds is 4. The molecule has 1 aliphatic rings. The van der Waals surface area contributed by atoms with Gasteiger partial charge in [0, 0.05) is 44.0 Å². The van der Waals surface area contributed by atoms with Gasteiger partial charge in [0.15, 0.2) is 0 Å². The average Bonchev–Trinajstić information content (AvgIpc) is 2.62. The Morgan fingerprint density at radius 1 is 0.957 bits per heavy atom. The first-order valence-electron chi connectivity index (χ1n) is 8.06. The largest absolute Gasteiger partial charge is 0.411 e. The van der Waals surface area contributed by atoms with E-state index in [4.69, 9.17) is 0 Å². The first kappa shape index (κ1) is 15.6. The predicted octanol–water partition coefficient (Wildman–Crippen LogP) is 3.00. The molecule has 0 atom stereocenters. The minimum Gasteiger partial charge on any atom is -0.411 e. The van der Waals surface area contributed by atoms with Crippen molar-refractivity contribution in [2.75, 3.05) is 37.6 Å². The van der Waals surface area contributed by atoms with Crippen LogP contribution in [0.5, 0.6) is 0 Å². The van der Waals surface area contributed by atoms with Crippen LogP contribution in [0.4, 0.5) is 5.69 Å². The quantitative estimate of drug-likeness (QED) is 0.536. The van der Waals surface area contributed by atoms with Gasteiger partial charge in [-0.3, -0.25) is 4.90 Å². The minimum atomic E-state index is 0.683. The SMILES string of the molecule is Cc1ccc(/C(CN2CCN(c3ccccc3)CC2)=N/O)cc1. The van der Waals surface area contributed by atoms with Crippen LogP contribution in [0, 0.1) is 6.92 Å². The molecule has 2 aromatic carbocycles. The molecule has 1 heterocycles. The maximum Gasteiger partial charge on any atom is 0.101 e. The normalized spacial score (nSPS) is 16.6.